The first-order valence-corrected chi connectivity index (χ1v) is 5.10. The third kappa shape index (κ3) is 2.27. The summed E-state index contributed by atoms with van der Waals surface area (Å²) < 4.78 is 38.7. The zero-order valence-electron chi connectivity index (χ0n) is 9.40. The van der Waals surface area contributed by atoms with Gasteiger partial charge in [0.1, 0.15) is 5.56 Å². The average molecular weight is 254 g/mol. The van der Waals surface area contributed by atoms with Gasteiger partial charge in [-0.1, -0.05) is 30.3 Å². The Kier molecular flexibility index (Phi) is 2.94. The van der Waals surface area contributed by atoms with E-state index in [9.17, 15) is 18.0 Å². The number of aryl methyl sites for hydroxylation is 1. The maximum absolute atomic E-state index is 12.7. The summed E-state index contributed by atoms with van der Waals surface area (Å²) in [5, 5.41) is 3.82. The van der Waals surface area contributed by atoms with Crippen LogP contribution >= 0.6 is 0 Å². The third-order valence-corrected chi connectivity index (χ3v) is 2.44. The highest BCUT2D eigenvalue weighted by atomic mass is 19.4. The third-order valence-electron chi connectivity index (χ3n) is 2.44. The maximum Gasteiger partial charge on any atom is 0.421 e. The van der Waals surface area contributed by atoms with Gasteiger partial charge in [-0.05, 0) is 6.07 Å². The van der Waals surface area contributed by atoms with Gasteiger partial charge in [-0.2, -0.15) is 18.3 Å². The zero-order valence-corrected chi connectivity index (χ0v) is 9.40. The minimum atomic E-state index is -4.68. The Balaban J connectivity index is 2.66. The SMILES string of the molecule is Cn1nc(-c2ccccc2)cc(C(F)(F)F)c1=O. The summed E-state index contributed by atoms with van der Waals surface area (Å²) in [5.74, 6) is 0. The Morgan fingerprint density at radius 1 is 1.17 bits per heavy atom. The molecule has 0 unspecified atom stereocenters. The minimum absolute atomic E-state index is 0.116. The second-order valence-corrected chi connectivity index (χ2v) is 3.74. The maximum atomic E-state index is 12.7. The molecule has 6 heteroatoms. The number of nitrogens with zero attached hydrogens (tertiary/aromatic N) is 2. The number of hydrogen-bond acceptors (Lipinski definition) is 2. The van der Waals surface area contributed by atoms with Crippen LogP contribution in [0.2, 0.25) is 0 Å². The van der Waals surface area contributed by atoms with Gasteiger partial charge in [0.25, 0.3) is 5.56 Å². The molecule has 0 atom stereocenters. The molecule has 94 valence electrons. The molecule has 2 aromatic rings. The summed E-state index contributed by atoms with van der Waals surface area (Å²) in [6, 6.07) is 9.17. The van der Waals surface area contributed by atoms with E-state index in [0.717, 1.165) is 6.07 Å². The number of aromatic nitrogens is 2. The molecule has 3 nitrogen and oxygen atoms in total. The standard InChI is InChI=1S/C12H9F3N2O/c1-17-11(18)9(12(13,14)15)7-10(16-17)8-5-3-2-4-6-8/h2-7H,1H3. The van der Waals surface area contributed by atoms with Gasteiger partial charge in [-0.15, -0.1) is 0 Å². The van der Waals surface area contributed by atoms with E-state index < -0.39 is 17.3 Å². The van der Waals surface area contributed by atoms with Gasteiger partial charge in [-0.3, -0.25) is 4.79 Å². The molecule has 1 heterocycles. The second kappa shape index (κ2) is 4.29. The lowest BCUT2D eigenvalue weighted by molar-refractivity contribution is -0.139. The Bertz CT molecular complexity index is 617. The number of benzene rings is 1. The van der Waals surface area contributed by atoms with Crippen LogP contribution in [0, 0.1) is 0 Å². The first-order valence-electron chi connectivity index (χ1n) is 5.10. The molecule has 0 spiro atoms. The van der Waals surface area contributed by atoms with Gasteiger partial charge in [-0.25, -0.2) is 4.68 Å². The van der Waals surface area contributed by atoms with Crippen LogP contribution in [0.5, 0.6) is 0 Å². The van der Waals surface area contributed by atoms with Crippen molar-refractivity contribution in [1.29, 1.82) is 0 Å². The van der Waals surface area contributed by atoms with Crippen molar-refractivity contribution in [1.82, 2.24) is 9.78 Å². The second-order valence-electron chi connectivity index (χ2n) is 3.74. The minimum Gasteiger partial charge on any atom is -0.267 e. The fourth-order valence-corrected chi connectivity index (χ4v) is 1.56. The molecule has 0 amide bonds. The molecule has 0 saturated carbocycles. The molecular formula is C12H9F3N2O. The predicted octanol–water partition coefficient (Wildman–Crippen LogP) is 2.47. The molecule has 0 fully saturated rings. The summed E-state index contributed by atoms with van der Waals surface area (Å²) in [6.45, 7) is 0. The predicted molar refractivity (Wildman–Crippen MR) is 59.9 cm³/mol. The average Bonchev–Trinajstić information content (AvgIpc) is 2.32. The van der Waals surface area contributed by atoms with E-state index >= 15 is 0 Å². The van der Waals surface area contributed by atoms with Crippen molar-refractivity contribution < 1.29 is 13.2 Å². The van der Waals surface area contributed by atoms with Crippen LogP contribution in [-0.4, -0.2) is 9.78 Å². The van der Waals surface area contributed by atoms with E-state index in [2.05, 4.69) is 5.10 Å². The number of halogens is 3. The summed E-state index contributed by atoms with van der Waals surface area (Å²) in [4.78, 5) is 11.4. The Morgan fingerprint density at radius 2 is 1.78 bits per heavy atom. The van der Waals surface area contributed by atoms with Crippen LogP contribution < -0.4 is 5.56 Å². The van der Waals surface area contributed by atoms with Crippen LogP contribution in [0.15, 0.2) is 41.2 Å². The van der Waals surface area contributed by atoms with E-state index in [4.69, 9.17) is 0 Å². The zero-order chi connectivity index (χ0) is 13.3. The lowest BCUT2D eigenvalue weighted by atomic mass is 10.1. The number of alkyl halides is 3. The van der Waals surface area contributed by atoms with Crippen LogP contribution in [0.3, 0.4) is 0 Å². The van der Waals surface area contributed by atoms with Crippen molar-refractivity contribution in [2.75, 3.05) is 0 Å². The molecule has 1 aromatic carbocycles. The molecule has 0 aliphatic carbocycles. The topological polar surface area (TPSA) is 34.9 Å². The first kappa shape index (κ1) is 12.3. The van der Waals surface area contributed by atoms with Crippen LogP contribution in [0.4, 0.5) is 13.2 Å². The fraction of sp³-hybridized carbons (Fsp3) is 0.167. The lowest BCUT2D eigenvalue weighted by Gasteiger charge is -2.09. The van der Waals surface area contributed by atoms with Gasteiger partial charge < -0.3 is 0 Å². The molecule has 0 N–H and O–H groups in total. The van der Waals surface area contributed by atoms with E-state index in [0.29, 0.717) is 10.2 Å². The van der Waals surface area contributed by atoms with Gasteiger partial charge in [0, 0.05) is 12.6 Å². The smallest absolute Gasteiger partial charge is 0.267 e. The molecule has 0 radical (unpaired) electrons. The van der Waals surface area contributed by atoms with Gasteiger partial charge in [0.05, 0.1) is 5.69 Å². The highest BCUT2D eigenvalue weighted by Crippen LogP contribution is 2.28. The Morgan fingerprint density at radius 3 is 2.33 bits per heavy atom. The highest BCUT2D eigenvalue weighted by molar-refractivity contribution is 5.58. The summed E-state index contributed by atoms with van der Waals surface area (Å²) >= 11 is 0. The molecule has 0 bridgehead atoms. The largest absolute Gasteiger partial charge is 0.421 e. The molecule has 0 aliphatic heterocycles. The summed E-state index contributed by atoms with van der Waals surface area (Å²) in [5.41, 5.74) is -1.72. The molecule has 1 aromatic heterocycles. The normalized spacial score (nSPS) is 11.6. The van der Waals surface area contributed by atoms with Crippen molar-refractivity contribution in [2.45, 2.75) is 6.18 Å². The van der Waals surface area contributed by atoms with E-state index in [-0.39, 0.29) is 5.69 Å². The highest BCUT2D eigenvalue weighted by Gasteiger charge is 2.35. The van der Waals surface area contributed by atoms with E-state index in [1.54, 1.807) is 30.3 Å². The Hall–Kier alpha value is -2.11. The Labute approximate surface area is 100 Å². The first-order chi connectivity index (χ1) is 8.39. The summed E-state index contributed by atoms with van der Waals surface area (Å²) in [6.07, 6.45) is -4.68. The van der Waals surface area contributed by atoms with Crippen molar-refractivity contribution >= 4 is 0 Å². The summed E-state index contributed by atoms with van der Waals surface area (Å²) in [7, 11) is 1.20. The van der Waals surface area contributed by atoms with Gasteiger partial charge >= 0.3 is 6.18 Å². The van der Waals surface area contributed by atoms with Crippen molar-refractivity contribution in [3.05, 3.63) is 52.3 Å². The molecule has 0 saturated heterocycles. The quantitative estimate of drug-likeness (QED) is 0.783. The van der Waals surface area contributed by atoms with Crippen molar-refractivity contribution in [3.8, 4) is 11.3 Å². The molecular weight excluding hydrogens is 245 g/mol. The van der Waals surface area contributed by atoms with Crippen LogP contribution in [0.1, 0.15) is 5.56 Å². The van der Waals surface area contributed by atoms with E-state index in [1.165, 1.54) is 7.05 Å². The molecule has 18 heavy (non-hydrogen) atoms. The van der Waals surface area contributed by atoms with Crippen molar-refractivity contribution in [3.63, 3.8) is 0 Å². The molecule has 0 aliphatic rings. The fourth-order valence-electron chi connectivity index (χ4n) is 1.56. The monoisotopic (exact) mass is 254 g/mol. The number of hydrogen-bond donors (Lipinski definition) is 0. The molecule has 2 rings (SSSR count). The van der Waals surface area contributed by atoms with Gasteiger partial charge in [0.15, 0.2) is 0 Å². The van der Waals surface area contributed by atoms with E-state index in [1.807, 2.05) is 0 Å². The van der Waals surface area contributed by atoms with Gasteiger partial charge in [0.2, 0.25) is 0 Å². The van der Waals surface area contributed by atoms with Crippen LogP contribution in [-0.2, 0) is 13.2 Å². The number of rotatable bonds is 1. The van der Waals surface area contributed by atoms with Crippen LogP contribution in [0.25, 0.3) is 11.3 Å². The lowest BCUT2D eigenvalue weighted by Crippen LogP contribution is -2.28. The van der Waals surface area contributed by atoms with Crippen molar-refractivity contribution in [2.24, 2.45) is 7.05 Å².